The predicted molar refractivity (Wildman–Crippen MR) is 57.8 cm³/mol. The van der Waals surface area contributed by atoms with Crippen molar-refractivity contribution in [2.75, 3.05) is 7.05 Å². The van der Waals surface area contributed by atoms with Crippen LogP contribution in [0.1, 0.15) is 30.8 Å². The van der Waals surface area contributed by atoms with Crippen LogP contribution in [0.15, 0.2) is 12.1 Å². The molecular formula is C11H20N2. The third-order valence-electron chi connectivity index (χ3n) is 1.70. The Hall–Kier alpha value is -0.890. The molecule has 1 aromatic rings. The minimum atomic E-state index is 0.902. The van der Waals surface area contributed by atoms with E-state index in [2.05, 4.69) is 16.4 Å². The van der Waals surface area contributed by atoms with Crippen molar-refractivity contribution in [1.29, 1.82) is 0 Å². The fourth-order valence-corrected chi connectivity index (χ4v) is 1.09. The van der Waals surface area contributed by atoms with Gasteiger partial charge in [-0.25, -0.2) is 0 Å². The van der Waals surface area contributed by atoms with Crippen molar-refractivity contribution < 1.29 is 0 Å². The molecule has 1 rings (SSSR count). The second-order valence-corrected chi connectivity index (χ2v) is 2.73. The van der Waals surface area contributed by atoms with Crippen LogP contribution < -0.4 is 5.32 Å². The molecule has 0 unspecified atom stereocenters. The monoisotopic (exact) mass is 180 g/mol. The lowest BCUT2D eigenvalue weighted by molar-refractivity contribution is 0.802. The topological polar surface area (TPSA) is 24.9 Å². The highest BCUT2D eigenvalue weighted by Gasteiger charge is 1.96. The summed E-state index contributed by atoms with van der Waals surface area (Å²) in [6.45, 7) is 8.95. The van der Waals surface area contributed by atoms with Crippen LogP contribution in [0.2, 0.25) is 0 Å². The van der Waals surface area contributed by atoms with Gasteiger partial charge in [-0.3, -0.25) is 4.98 Å². The van der Waals surface area contributed by atoms with Crippen molar-refractivity contribution >= 4 is 0 Å². The molecule has 2 heteroatoms. The van der Waals surface area contributed by atoms with Crippen LogP contribution in [-0.2, 0) is 6.54 Å². The molecule has 1 aromatic heterocycles. The Labute approximate surface area is 81.4 Å². The number of hydrogen-bond acceptors (Lipinski definition) is 2. The van der Waals surface area contributed by atoms with Gasteiger partial charge in [0.1, 0.15) is 0 Å². The van der Waals surface area contributed by atoms with Gasteiger partial charge in [-0.1, -0.05) is 19.9 Å². The first-order valence-electron chi connectivity index (χ1n) is 4.82. The highest BCUT2D eigenvalue weighted by molar-refractivity contribution is 5.21. The lowest BCUT2D eigenvalue weighted by Crippen LogP contribution is -2.07. The molecular weight excluding hydrogens is 160 g/mol. The molecule has 2 nitrogen and oxygen atoms in total. The number of aryl methyl sites for hydroxylation is 2. The third-order valence-corrected chi connectivity index (χ3v) is 1.70. The normalized spacial score (nSPS) is 9.00. The molecule has 0 saturated carbocycles. The Morgan fingerprint density at radius 3 is 2.31 bits per heavy atom. The zero-order valence-corrected chi connectivity index (χ0v) is 9.31. The summed E-state index contributed by atoms with van der Waals surface area (Å²) in [7, 11) is 1.94. The van der Waals surface area contributed by atoms with E-state index in [4.69, 9.17) is 0 Å². The zero-order valence-electron chi connectivity index (χ0n) is 9.31. The molecule has 0 saturated heterocycles. The van der Waals surface area contributed by atoms with Gasteiger partial charge >= 0.3 is 0 Å². The fraction of sp³-hybridized carbons (Fsp3) is 0.545. The smallest absolute Gasteiger partial charge is 0.0420 e. The summed E-state index contributed by atoms with van der Waals surface area (Å²) >= 11 is 0. The number of pyridine rings is 1. The fourth-order valence-electron chi connectivity index (χ4n) is 1.09. The van der Waals surface area contributed by atoms with Crippen molar-refractivity contribution in [3.8, 4) is 0 Å². The number of nitrogens with one attached hydrogen (secondary N) is 1. The van der Waals surface area contributed by atoms with E-state index in [1.807, 2.05) is 40.8 Å². The van der Waals surface area contributed by atoms with E-state index in [0.717, 1.165) is 17.9 Å². The van der Waals surface area contributed by atoms with Crippen molar-refractivity contribution in [3.63, 3.8) is 0 Å². The summed E-state index contributed by atoms with van der Waals surface area (Å²) in [5, 5.41) is 3.10. The van der Waals surface area contributed by atoms with E-state index in [0.29, 0.717) is 0 Å². The molecule has 0 aliphatic carbocycles. The molecule has 13 heavy (non-hydrogen) atoms. The van der Waals surface area contributed by atoms with E-state index < -0.39 is 0 Å². The SMILES string of the molecule is CC.CNCc1ccc(C)nc1C. The molecule has 0 aromatic carbocycles. The van der Waals surface area contributed by atoms with Crippen molar-refractivity contribution in [3.05, 3.63) is 29.1 Å². The molecule has 0 aliphatic rings. The largest absolute Gasteiger partial charge is 0.316 e. The minimum absolute atomic E-state index is 0.902. The molecule has 0 fully saturated rings. The van der Waals surface area contributed by atoms with E-state index in [1.165, 1.54) is 5.56 Å². The van der Waals surface area contributed by atoms with Gasteiger partial charge in [-0.2, -0.15) is 0 Å². The van der Waals surface area contributed by atoms with E-state index in [9.17, 15) is 0 Å². The highest BCUT2D eigenvalue weighted by atomic mass is 14.8. The van der Waals surface area contributed by atoms with Gasteiger partial charge in [-0.05, 0) is 32.5 Å². The standard InChI is InChI=1S/C9H14N2.C2H6/c1-7-4-5-9(6-10-3)8(2)11-7;1-2/h4-5,10H,6H2,1-3H3;1-2H3. The van der Waals surface area contributed by atoms with Gasteiger partial charge in [0.25, 0.3) is 0 Å². The Morgan fingerprint density at radius 1 is 1.23 bits per heavy atom. The van der Waals surface area contributed by atoms with Crippen LogP contribution in [-0.4, -0.2) is 12.0 Å². The van der Waals surface area contributed by atoms with Gasteiger partial charge in [0.2, 0.25) is 0 Å². The second-order valence-electron chi connectivity index (χ2n) is 2.73. The first-order valence-corrected chi connectivity index (χ1v) is 4.82. The number of aromatic nitrogens is 1. The van der Waals surface area contributed by atoms with Gasteiger partial charge in [0.05, 0.1) is 0 Å². The maximum absolute atomic E-state index is 4.35. The first-order chi connectivity index (χ1) is 6.24. The number of nitrogens with zero attached hydrogens (tertiary/aromatic N) is 1. The Balaban J connectivity index is 0.000000671. The van der Waals surface area contributed by atoms with Crippen LogP contribution in [0.25, 0.3) is 0 Å². The summed E-state index contributed by atoms with van der Waals surface area (Å²) in [6.07, 6.45) is 0. The minimum Gasteiger partial charge on any atom is -0.316 e. The zero-order chi connectivity index (χ0) is 10.3. The van der Waals surface area contributed by atoms with Crippen LogP contribution in [0.5, 0.6) is 0 Å². The number of hydrogen-bond donors (Lipinski definition) is 1. The van der Waals surface area contributed by atoms with E-state index in [-0.39, 0.29) is 0 Å². The van der Waals surface area contributed by atoms with Crippen molar-refractivity contribution in [2.45, 2.75) is 34.2 Å². The molecule has 1 N–H and O–H groups in total. The maximum Gasteiger partial charge on any atom is 0.0420 e. The predicted octanol–water partition coefficient (Wildman–Crippen LogP) is 2.44. The average molecular weight is 180 g/mol. The van der Waals surface area contributed by atoms with Gasteiger partial charge in [-0.15, -0.1) is 0 Å². The molecule has 0 radical (unpaired) electrons. The molecule has 0 spiro atoms. The van der Waals surface area contributed by atoms with E-state index in [1.54, 1.807) is 0 Å². The molecule has 0 aliphatic heterocycles. The Morgan fingerprint density at radius 2 is 1.85 bits per heavy atom. The van der Waals surface area contributed by atoms with Crippen LogP contribution in [0.3, 0.4) is 0 Å². The summed E-state index contributed by atoms with van der Waals surface area (Å²) < 4.78 is 0. The highest BCUT2D eigenvalue weighted by Crippen LogP contribution is 2.05. The van der Waals surface area contributed by atoms with Gasteiger partial charge < -0.3 is 5.32 Å². The molecule has 74 valence electrons. The van der Waals surface area contributed by atoms with Gasteiger partial charge in [0.15, 0.2) is 0 Å². The maximum atomic E-state index is 4.35. The van der Waals surface area contributed by atoms with Crippen LogP contribution >= 0.6 is 0 Å². The quantitative estimate of drug-likeness (QED) is 0.756. The average Bonchev–Trinajstić information content (AvgIpc) is 2.14. The Kier molecular flexibility index (Phi) is 6.15. The second kappa shape index (κ2) is 6.61. The van der Waals surface area contributed by atoms with Crippen molar-refractivity contribution in [1.82, 2.24) is 10.3 Å². The van der Waals surface area contributed by atoms with Crippen LogP contribution in [0.4, 0.5) is 0 Å². The molecule has 0 bridgehead atoms. The first kappa shape index (κ1) is 12.1. The summed E-state index contributed by atoms with van der Waals surface area (Å²) in [5.74, 6) is 0. The van der Waals surface area contributed by atoms with E-state index >= 15 is 0 Å². The summed E-state index contributed by atoms with van der Waals surface area (Å²) in [5.41, 5.74) is 3.49. The lowest BCUT2D eigenvalue weighted by atomic mass is 10.2. The Bertz CT molecular complexity index is 244. The lowest BCUT2D eigenvalue weighted by Gasteiger charge is -2.03. The molecule has 1 heterocycles. The summed E-state index contributed by atoms with van der Waals surface area (Å²) in [6, 6.07) is 4.16. The molecule has 0 amide bonds. The van der Waals surface area contributed by atoms with Crippen LogP contribution in [0, 0.1) is 13.8 Å². The van der Waals surface area contributed by atoms with Gasteiger partial charge in [0, 0.05) is 17.9 Å². The molecule has 0 atom stereocenters. The van der Waals surface area contributed by atoms with Crippen molar-refractivity contribution in [2.24, 2.45) is 0 Å². The number of rotatable bonds is 2. The third kappa shape index (κ3) is 4.04. The summed E-state index contributed by atoms with van der Waals surface area (Å²) in [4.78, 5) is 4.35.